The second-order valence-electron chi connectivity index (χ2n) is 9.58. The van der Waals surface area contributed by atoms with Gasteiger partial charge in [-0.1, -0.05) is 0 Å². The van der Waals surface area contributed by atoms with E-state index in [0.717, 1.165) is 16.8 Å². The van der Waals surface area contributed by atoms with Crippen LogP contribution < -0.4 is 8.92 Å². The van der Waals surface area contributed by atoms with E-state index in [9.17, 15) is 5.11 Å². The molecular weight excluding hydrogens is 433 g/mol. The number of aliphatic imine (C=N–C) groups is 1. The summed E-state index contributed by atoms with van der Waals surface area (Å²) in [5.41, 5.74) is 3.35. The molecule has 0 spiro atoms. The van der Waals surface area contributed by atoms with Crippen molar-refractivity contribution in [2.45, 2.75) is 52.4 Å². The maximum absolute atomic E-state index is 13.2. The molecule has 0 N–H and O–H groups in total. The molecule has 3 aromatic carbocycles. The van der Waals surface area contributed by atoms with Gasteiger partial charge in [-0.25, -0.2) is 0 Å². The third-order valence-corrected chi connectivity index (χ3v) is 7.22. The van der Waals surface area contributed by atoms with Crippen LogP contribution in [0, 0.1) is 0 Å². The SMILES string of the molecule is CC(C)(C)c1cc(C=Nc2ccccc2[Se]c2ccccc2)c([O])c(C(C)(C)C)c1. The average molecular weight is 464 g/mol. The van der Waals surface area contributed by atoms with Crippen LogP contribution in [0.25, 0.3) is 0 Å². The van der Waals surface area contributed by atoms with Gasteiger partial charge < -0.3 is 0 Å². The molecule has 0 amide bonds. The van der Waals surface area contributed by atoms with Gasteiger partial charge >= 0.3 is 187 Å². The first kappa shape index (κ1) is 22.3. The van der Waals surface area contributed by atoms with Gasteiger partial charge in [-0.05, 0) is 0 Å². The summed E-state index contributed by atoms with van der Waals surface area (Å²) in [6.07, 6.45) is 1.76. The van der Waals surface area contributed by atoms with Crippen LogP contribution in [-0.2, 0) is 15.9 Å². The molecule has 0 saturated carbocycles. The third-order valence-electron chi connectivity index (χ3n) is 4.97. The van der Waals surface area contributed by atoms with E-state index < -0.39 is 0 Å². The Morgan fingerprint density at radius 1 is 0.800 bits per heavy atom. The van der Waals surface area contributed by atoms with E-state index in [0.29, 0.717) is 5.56 Å². The van der Waals surface area contributed by atoms with Crippen molar-refractivity contribution in [2.75, 3.05) is 0 Å². The molecule has 3 aromatic rings. The Labute approximate surface area is 187 Å². The number of nitrogens with zero attached hydrogens (tertiary/aromatic N) is 1. The summed E-state index contributed by atoms with van der Waals surface area (Å²) >= 11 is 0.166. The fourth-order valence-corrected chi connectivity index (χ4v) is 5.07. The first-order valence-electron chi connectivity index (χ1n) is 10.3. The van der Waals surface area contributed by atoms with E-state index >= 15 is 0 Å². The second kappa shape index (κ2) is 8.79. The molecular formula is C27H30NOSe. The van der Waals surface area contributed by atoms with E-state index in [2.05, 4.69) is 84.0 Å². The Morgan fingerprint density at radius 3 is 2.07 bits per heavy atom. The maximum atomic E-state index is 13.2. The summed E-state index contributed by atoms with van der Waals surface area (Å²) in [6, 6.07) is 22.8. The first-order chi connectivity index (χ1) is 14.1. The molecule has 30 heavy (non-hydrogen) atoms. The van der Waals surface area contributed by atoms with Crippen LogP contribution in [-0.4, -0.2) is 21.2 Å². The van der Waals surface area contributed by atoms with Crippen LogP contribution in [0.5, 0.6) is 5.75 Å². The van der Waals surface area contributed by atoms with Gasteiger partial charge in [-0.2, -0.15) is 0 Å². The Morgan fingerprint density at radius 2 is 1.43 bits per heavy atom. The number of benzene rings is 3. The van der Waals surface area contributed by atoms with Crippen molar-refractivity contribution in [1.29, 1.82) is 0 Å². The van der Waals surface area contributed by atoms with Crippen molar-refractivity contribution >= 4 is 35.8 Å². The predicted molar refractivity (Wildman–Crippen MR) is 129 cm³/mol. The standard InChI is InChI=1S/C27H30NOSe/c1-26(2,3)20-16-19(25(29)22(17-20)27(4,5)6)18-28-23-14-10-11-15-24(23)30-21-12-8-7-9-13-21/h7-18H,1-6H3. The van der Waals surface area contributed by atoms with Crippen molar-refractivity contribution in [1.82, 2.24) is 0 Å². The second-order valence-corrected chi connectivity index (χ2v) is 11.9. The zero-order valence-corrected chi connectivity index (χ0v) is 20.4. The van der Waals surface area contributed by atoms with Crippen molar-refractivity contribution in [3.05, 3.63) is 83.4 Å². The summed E-state index contributed by atoms with van der Waals surface area (Å²) in [5.74, 6) is 0.0744. The van der Waals surface area contributed by atoms with E-state index in [1.807, 2.05) is 24.3 Å². The van der Waals surface area contributed by atoms with Gasteiger partial charge in [-0.3, -0.25) is 0 Å². The molecule has 0 aliphatic heterocycles. The number of hydrogen-bond donors (Lipinski definition) is 0. The Balaban J connectivity index is 2.03. The number of rotatable bonds is 4. The molecule has 0 saturated heterocycles. The number of hydrogen-bond acceptors (Lipinski definition) is 1. The molecule has 3 heteroatoms. The fraction of sp³-hybridized carbons (Fsp3) is 0.296. The monoisotopic (exact) mass is 464 g/mol. The van der Waals surface area contributed by atoms with Crippen LogP contribution in [0.4, 0.5) is 5.69 Å². The van der Waals surface area contributed by atoms with E-state index in [1.54, 1.807) is 6.21 Å². The zero-order chi connectivity index (χ0) is 21.9. The van der Waals surface area contributed by atoms with Crippen molar-refractivity contribution in [2.24, 2.45) is 4.99 Å². The Hall–Kier alpha value is -2.35. The quantitative estimate of drug-likeness (QED) is 0.345. The summed E-state index contributed by atoms with van der Waals surface area (Å²) in [5, 5.41) is 13.2. The average Bonchev–Trinajstić information content (AvgIpc) is 2.67. The van der Waals surface area contributed by atoms with Crippen molar-refractivity contribution < 1.29 is 5.11 Å². The minimum atomic E-state index is -0.213. The van der Waals surface area contributed by atoms with E-state index in [4.69, 9.17) is 4.99 Å². The molecule has 0 unspecified atom stereocenters. The first-order valence-corrected chi connectivity index (χ1v) is 12.0. The summed E-state index contributed by atoms with van der Waals surface area (Å²) in [6.45, 7) is 12.8. The summed E-state index contributed by atoms with van der Waals surface area (Å²) in [4.78, 5) is 4.77. The van der Waals surface area contributed by atoms with Crippen LogP contribution in [0.2, 0.25) is 0 Å². The van der Waals surface area contributed by atoms with Crippen molar-refractivity contribution in [3.8, 4) is 5.75 Å². The summed E-state index contributed by atoms with van der Waals surface area (Å²) in [7, 11) is 0. The molecule has 3 rings (SSSR count). The molecule has 0 aliphatic rings. The summed E-state index contributed by atoms with van der Waals surface area (Å²) < 4.78 is 2.52. The predicted octanol–water partition coefficient (Wildman–Crippen LogP) is 5.83. The van der Waals surface area contributed by atoms with Gasteiger partial charge in [-0.15, -0.1) is 0 Å². The van der Waals surface area contributed by atoms with Crippen LogP contribution in [0.3, 0.4) is 0 Å². The van der Waals surface area contributed by atoms with Gasteiger partial charge in [0.1, 0.15) is 0 Å². The minimum absolute atomic E-state index is 0.0371. The fourth-order valence-electron chi connectivity index (χ4n) is 3.14. The number of para-hydroxylation sites is 1. The molecule has 0 aliphatic carbocycles. The molecule has 0 atom stereocenters. The van der Waals surface area contributed by atoms with E-state index in [-0.39, 0.29) is 31.5 Å². The molecule has 0 heterocycles. The molecule has 155 valence electrons. The molecule has 0 aromatic heterocycles. The molecule has 1 radical (unpaired) electrons. The molecule has 2 nitrogen and oxygen atoms in total. The molecule has 0 fully saturated rings. The van der Waals surface area contributed by atoms with Gasteiger partial charge in [0.05, 0.1) is 0 Å². The van der Waals surface area contributed by atoms with Crippen LogP contribution in [0.15, 0.2) is 71.7 Å². The zero-order valence-electron chi connectivity index (χ0n) is 18.7. The van der Waals surface area contributed by atoms with Crippen molar-refractivity contribution in [3.63, 3.8) is 0 Å². The van der Waals surface area contributed by atoms with Gasteiger partial charge in [0.25, 0.3) is 0 Å². The van der Waals surface area contributed by atoms with Gasteiger partial charge in [0, 0.05) is 0 Å². The Bertz CT molecular complexity index is 1040. The molecule has 0 bridgehead atoms. The normalized spacial score (nSPS) is 12.5. The topological polar surface area (TPSA) is 32.3 Å². The van der Waals surface area contributed by atoms with Crippen LogP contribution in [0.1, 0.15) is 58.2 Å². The van der Waals surface area contributed by atoms with E-state index in [1.165, 1.54) is 8.92 Å². The Kier molecular flexibility index (Phi) is 6.55. The van der Waals surface area contributed by atoms with Crippen LogP contribution >= 0.6 is 0 Å². The van der Waals surface area contributed by atoms with Gasteiger partial charge in [0.2, 0.25) is 0 Å². The third kappa shape index (κ3) is 5.41. The van der Waals surface area contributed by atoms with Gasteiger partial charge in [0.15, 0.2) is 0 Å².